The van der Waals surface area contributed by atoms with Crippen molar-refractivity contribution in [3.63, 3.8) is 0 Å². The Hall–Kier alpha value is -2.67. The van der Waals surface area contributed by atoms with Crippen LogP contribution in [-0.4, -0.2) is 31.3 Å². The van der Waals surface area contributed by atoms with Crippen LogP contribution in [0.15, 0.2) is 53.0 Å². The lowest BCUT2D eigenvalue weighted by molar-refractivity contribution is -0.122. The van der Waals surface area contributed by atoms with E-state index in [-0.39, 0.29) is 24.1 Å². The van der Waals surface area contributed by atoms with E-state index in [1.807, 2.05) is 24.3 Å². The molecule has 3 rings (SSSR count). The SMILES string of the molecule is CNC(=O)Cc1ccc(NC(=O)[C@@H]2CC(=O)N(c3ccccc3Br)C2)cc1. The summed E-state index contributed by atoms with van der Waals surface area (Å²) in [6.07, 6.45) is 0.477. The molecule has 1 fully saturated rings. The first-order valence-electron chi connectivity index (χ1n) is 8.63. The highest BCUT2D eigenvalue weighted by Gasteiger charge is 2.35. The number of likely N-dealkylation sites (N-methyl/N-ethyl adjacent to an activating group) is 1. The minimum Gasteiger partial charge on any atom is -0.359 e. The molecule has 2 aromatic carbocycles. The van der Waals surface area contributed by atoms with Crippen LogP contribution in [-0.2, 0) is 20.8 Å². The molecule has 1 aliphatic heterocycles. The second-order valence-electron chi connectivity index (χ2n) is 6.39. The van der Waals surface area contributed by atoms with Crippen molar-refractivity contribution in [1.82, 2.24) is 5.32 Å². The van der Waals surface area contributed by atoms with Gasteiger partial charge in [0.1, 0.15) is 0 Å². The topological polar surface area (TPSA) is 78.5 Å². The molecule has 1 atom stereocenters. The highest BCUT2D eigenvalue weighted by atomic mass is 79.9. The Morgan fingerprint density at radius 1 is 1.15 bits per heavy atom. The number of nitrogens with one attached hydrogen (secondary N) is 2. The smallest absolute Gasteiger partial charge is 0.229 e. The van der Waals surface area contributed by atoms with Gasteiger partial charge in [0.2, 0.25) is 17.7 Å². The Balaban J connectivity index is 1.63. The third kappa shape index (κ3) is 4.54. The van der Waals surface area contributed by atoms with E-state index in [4.69, 9.17) is 0 Å². The fraction of sp³-hybridized carbons (Fsp3) is 0.250. The molecule has 27 heavy (non-hydrogen) atoms. The first kappa shape index (κ1) is 19.1. The average Bonchev–Trinajstić information content (AvgIpc) is 3.05. The van der Waals surface area contributed by atoms with Gasteiger partial charge in [-0.3, -0.25) is 14.4 Å². The first-order valence-corrected chi connectivity index (χ1v) is 9.42. The Morgan fingerprint density at radius 3 is 2.52 bits per heavy atom. The second-order valence-corrected chi connectivity index (χ2v) is 7.25. The molecule has 0 bridgehead atoms. The highest BCUT2D eigenvalue weighted by molar-refractivity contribution is 9.10. The molecule has 0 aromatic heterocycles. The van der Waals surface area contributed by atoms with Crippen molar-refractivity contribution in [2.45, 2.75) is 12.8 Å². The summed E-state index contributed by atoms with van der Waals surface area (Å²) in [6, 6.07) is 14.6. The Bertz CT molecular complexity index is 867. The number of nitrogens with zero attached hydrogens (tertiary/aromatic N) is 1. The summed E-state index contributed by atoms with van der Waals surface area (Å²) in [5, 5.41) is 5.43. The number of hydrogen-bond acceptors (Lipinski definition) is 3. The number of amides is 3. The van der Waals surface area contributed by atoms with Gasteiger partial charge in [0.25, 0.3) is 0 Å². The molecule has 2 aromatic rings. The van der Waals surface area contributed by atoms with Gasteiger partial charge in [-0.1, -0.05) is 24.3 Å². The van der Waals surface area contributed by atoms with Gasteiger partial charge < -0.3 is 15.5 Å². The molecule has 6 nitrogen and oxygen atoms in total. The summed E-state index contributed by atoms with van der Waals surface area (Å²) in [7, 11) is 1.59. The number of carbonyl (C=O) groups is 3. The summed E-state index contributed by atoms with van der Waals surface area (Å²) in [5.41, 5.74) is 2.28. The molecular formula is C20H20BrN3O3. The first-order chi connectivity index (χ1) is 13.0. The van der Waals surface area contributed by atoms with Gasteiger partial charge >= 0.3 is 0 Å². The monoisotopic (exact) mass is 429 g/mol. The van der Waals surface area contributed by atoms with Crippen LogP contribution in [0.3, 0.4) is 0 Å². The van der Waals surface area contributed by atoms with Gasteiger partial charge in [0, 0.05) is 30.2 Å². The van der Waals surface area contributed by atoms with E-state index in [9.17, 15) is 14.4 Å². The van der Waals surface area contributed by atoms with Gasteiger partial charge in [-0.2, -0.15) is 0 Å². The van der Waals surface area contributed by atoms with Gasteiger partial charge in [0.15, 0.2) is 0 Å². The largest absolute Gasteiger partial charge is 0.359 e. The summed E-state index contributed by atoms with van der Waals surface area (Å²) in [5.74, 6) is -0.724. The normalized spacial score (nSPS) is 16.3. The lowest BCUT2D eigenvalue weighted by atomic mass is 10.1. The van der Waals surface area contributed by atoms with Crippen LogP contribution in [0.1, 0.15) is 12.0 Å². The van der Waals surface area contributed by atoms with Crippen molar-refractivity contribution >= 4 is 45.0 Å². The van der Waals surface area contributed by atoms with Crippen molar-refractivity contribution in [2.24, 2.45) is 5.92 Å². The van der Waals surface area contributed by atoms with Crippen LogP contribution < -0.4 is 15.5 Å². The van der Waals surface area contributed by atoms with E-state index in [1.165, 1.54) is 0 Å². The number of carbonyl (C=O) groups excluding carboxylic acids is 3. The minimum atomic E-state index is -0.407. The highest BCUT2D eigenvalue weighted by Crippen LogP contribution is 2.31. The third-order valence-corrected chi connectivity index (χ3v) is 5.17. The van der Waals surface area contributed by atoms with Crippen LogP contribution in [0.2, 0.25) is 0 Å². The van der Waals surface area contributed by atoms with Crippen LogP contribution in [0.4, 0.5) is 11.4 Å². The van der Waals surface area contributed by atoms with Gasteiger partial charge in [0.05, 0.1) is 18.0 Å². The molecule has 1 heterocycles. The lowest BCUT2D eigenvalue weighted by Gasteiger charge is -2.18. The molecular weight excluding hydrogens is 410 g/mol. The zero-order valence-corrected chi connectivity index (χ0v) is 16.5. The summed E-state index contributed by atoms with van der Waals surface area (Å²) >= 11 is 3.45. The lowest BCUT2D eigenvalue weighted by Crippen LogP contribution is -2.28. The number of hydrogen-bond donors (Lipinski definition) is 2. The molecule has 3 amide bonds. The van der Waals surface area contributed by atoms with Crippen LogP contribution in [0, 0.1) is 5.92 Å². The van der Waals surface area contributed by atoms with Crippen molar-refractivity contribution in [1.29, 1.82) is 0 Å². The average molecular weight is 430 g/mol. The van der Waals surface area contributed by atoms with E-state index >= 15 is 0 Å². The van der Waals surface area contributed by atoms with E-state index in [0.29, 0.717) is 18.7 Å². The van der Waals surface area contributed by atoms with E-state index in [0.717, 1.165) is 15.7 Å². The maximum Gasteiger partial charge on any atom is 0.229 e. The van der Waals surface area contributed by atoms with Crippen molar-refractivity contribution in [2.75, 3.05) is 23.8 Å². The van der Waals surface area contributed by atoms with Gasteiger partial charge in [-0.05, 0) is 45.8 Å². The fourth-order valence-electron chi connectivity index (χ4n) is 3.01. The van der Waals surface area contributed by atoms with Gasteiger partial charge in [-0.25, -0.2) is 0 Å². The van der Waals surface area contributed by atoms with E-state index < -0.39 is 5.92 Å². The predicted octanol–water partition coefficient (Wildman–Crippen LogP) is 2.73. The zero-order chi connectivity index (χ0) is 19.4. The quantitative estimate of drug-likeness (QED) is 0.766. The van der Waals surface area contributed by atoms with Crippen molar-refractivity contribution in [3.05, 3.63) is 58.6 Å². The maximum absolute atomic E-state index is 12.6. The fourth-order valence-corrected chi connectivity index (χ4v) is 3.51. The molecule has 1 saturated heterocycles. The summed E-state index contributed by atoms with van der Waals surface area (Å²) < 4.78 is 0.825. The maximum atomic E-state index is 12.6. The molecule has 2 N–H and O–H groups in total. The number of benzene rings is 2. The molecule has 1 aliphatic rings. The molecule has 140 valence electrons. The van der Waals surface area contributed by atoms with Crippen LogP contribution >= 0.6 is 15.9 Å². The molecule has 0 aliphatic carbocycles. The minimum absolute atomic E-state index is 0.0663. The predicted molar refractivity (Wildman–Crippen MR) is 107 cm³/mol. The van der Waals surface area contributed by atoms with E-state index in [1.54, 1.807) is 36.2 Å². The Labute approximate surface area is 166 Å². The number of para-hydroxylation sites is 1. The van der Waals surface area contributed by atoms with Gasteiger partial charge in [-0.15, -0.1) is 0 Å². The summed E-state index contributed by atoms with van der Waals surface area (Å²) in [6.45, 7) is 0.349. The number of anilines is 2. The van der Waals surface area contributed by atoms with Crippen LogP contribution in [0.25, 0.3) is 0 Å². The molecule has 0 spiro atoms. The molecule has 0 unspecified atom stereocenters. The zero-order valence-electron chi connectivity index (χ0n) is 14.9. The van der Waals surface area contributed by atoms with Crippen LogP contribution in [0.5, 0.6) is 0 Å². The molecule has 0 radical (unpaired) electrons. The number of halogens is 1. The summed E-state index contributed by atoms with van der Waals surface area (Å²) in [4.78, 5) is 38.0. The Morgan fingerprint density at radius 2 is 1.85 bits per heavy atom. The molecule has 0 saturated carbocycles. The van der Waals surface area contributed by atoms with E-state index in [2.05, 4.69) is 26.6 Å². The van der Waals surface area contributed by atoms with Crippen molar-refractivity contribution in [3.8, 4) is 0 Å². The van der Waals surface area contributed by atoms with Crippen molar-refractivity contribution < 1.29 is 14.4 Å². The second kappa shape index (κ2) is 8.35. The molecule has 7 heteroatoms. The Kier molecular flexibility index (Phi) is 5.91. The number of rotatable bonds is 5. The standard InChI is InChI=1S/C20H20BrN3O3/c1-22-18(25)10-13-6-8-15(9-7-13)23-20(27)14-11-19(26)24(12-14)17-5-3-2-4-16(17)21/h2-9,14H,10-12H2,1H3,(H,22,25)(H,23,27)/t14-/m1/s1. The third-order valence-electron chi connectivity index (χ3n) is 4.50.